The van der Waals surface area contributed by atoms with Crippen molar-refractivity contribution in [2.24, 2.45) is 0 Å². The first-order valence-electron chi connectivity index (χ1n) is 4.21. The van der Waals surface area contributed by atoms with Crippen LogP contribution < -0.4 is 4.13 Å². The minimum atomic E-state index is -6.73. The fourth-order valence-corrected chi connectivity index (χ4v) is 2.54. The van der Waals surface area contributed by atoms with E-state index in [1.54, 1.807) is 0 Å². The van der Waals surface area contributed by atoms with Gasteiger partial charge < -0.3 is 0 Å². The van der Waals surface area contributed by atoms with Crippen LogP contribution in [0.2, 0.25) is 0 Å². The summed E-state index contributed by atoms with van der Waals surface area (Å²) in [6.07, 6.45) is -26.4. The molecule has 0 radical (unpaired) electrons. The van der Waals surface area contributed by atoms with Crippen molar-refractivity contribution in [1.82, 2.24) is 4.13 Å². The van der Waals surface area contributed by atoms with Crippen LogP contribution in [0.25, 0.3) is 0 Å². The molecule has 19 heteroatoms. The molecule has 7 nitrogen and oxygen atoms in total. The highest BCUT2D eigenvalue weighted by Crippen LogP contribution is 2.39. The maximum Gasteiger partial charge on any atom is 0.484 e. The molecule has 0 spiro atoms. The van der Waals surface area contributed by atoms with Crippen molar-refractivity contribution in [1.29, 1.82) is 0 Å². The van der Waals surface area contributed by atoms with Crippen molar-refractivity contribution in [3.8, 4) is 0 Å². The molecule has 0 aromatic rings. The Balaban J connectivity index is 5.34. The van der Waals surface area contributed by atoms with Crippen molar-refractivity contribution >= 4 is 20.6 Å². The summed E-state index contributed by atoms with van der Waals surface area (Å²) in [5, 5.41) is 0. The molecule has 23 heavy (non-hydrogen) atoms. The maximum atomic E-state index is 12.2. The molecule has 0 aromatic carbocycles. The zero-order valence-electron chi connectivity index (χ0n) is 9.55. The van der Waals surface area contributed by atoms with E-state index in [0.29, 0.717) is 0 Å². The van der Waals surface area contributed by atoms with Crippen molar-refractivity contribution in [2.45, 2.75) is 24.6 Å². The molecule has 0 aromatic heterocycles. The van der Waals surface area contributed by atoms with Crippen LogP contribution in [-0.4, -0.2) is 41.4 Å². The molecule has 1 N–H and O–H groups in total. The normalized spacial score (nSPS) is 15.7. The van der Waals surface area contributed by atoms with Gasteiger partial charge in [-0.1, -0.05) is 4.13 Å². The summed E-state index contributed by atoms with van der Waals surface area (Å²) in [4.78, 5) is 0. The Hall–Kier alpha value is -0.920. The van der Waals surface area contributed by atoms with Crippen LogP contribution >= 0.6 is 0 Å². The molecule has 0 aliphatic heterocycles. The van der Waals surface area contributed by atoms with Crippen LogP contribution in [0.3, 0.4) is 0 Å². The zero-order chi connectivity index (χ0) is 19.1. The van der Waals surface area contributed by atoms with Crippen molar-refractivity contribution in [3.05, 3.63) is 0 Å². The molecule has 0 rings (SSSR count). The molecule has 0 amide bonds. The van der Waals surface area contributed by atoms with Gasteiger partial charge in [0.1, 0.15) is 0 Å². The van der Waals surface area contributed by atoms with E-state index in [2.05, 4.69) is 0 Å². The number of nitrogens with one attached hydrogen (secondary N) is 1. The van der Waals surface area contributed by atoms with Gasteiger partial charge in [-0.05, 0) is 0 Å². The van der Waals surface area contributed by atoms with E-state index in [0.717, 1.165) is 0 Å². The van der Waals surface area contributed by atoms with E-state index in [4.69, 9.17) is 0 Å². The minimum Gasteiger partial charge on any atom is -0.180 e. The molecule has 0 saturated heterocycles. The summed E-state index contributed by atoms with van der Waals surface area (Å²) in [6.45, 7) is 0. The van der Waals surface area contributed by atoms with Gasteiger partial charge in [-0.3, -0.25) is 0 Å². The lowest BCUT2D eigenvalue weighted by atomic mass is 10.6. The van der Waals surface area contributed by atoms with Gasteiger partial charge in [0.15, 0.2) is 0 Å². The highest BCUT2D eigenvalue weighted by Gasteiger charge is 2.64. The van der Waals surface area contributed by atoms with Crippen molar-refractivity contribution in [2.75, 3.05) is 0 Å². The van der Waals surface area contributed by atoms with E-state index >= 15 is 0 Å². The first kappa shape index (κ1) is 22.1. The first-order chi connectivity index (χ1) is 9.62. The average molecular weight is 413 g/mol. The fraction of sp³-hybridized carbons (Fsp3) is 1.00. The average Bonchev–Trinajstić information content (AvgIpc) is 2.05. The molecule has 0 atom stereocenters. The Morgan fingerprint density at radius 1 is 0.565 bits per heavy atom. The Morgan fingerprint density at radius 3 is 0.957 bits per heavy atom. The molecule has 0 aliphatic rings. The number of halogens is 10. The van der Waals surface area contributed by atoms with E-state index < -0.39 is 49.3 Å². The number of rotatable bonds is 6. The molecule has 140 valence electrons. The molecule has 0 saturated carbocycles. The molecular formula is C4HF10NO6S2. The standard InChI is InChI=1S/C4HF10NO6S2/c5-1(6,7)3(11,12)20-22(16,17)15-23(18,19)21-4(13,14)2(8,9)10/h15H. The topological polar surface area (TPSA) is 98.8 Å². The molecule has 0 bridgehead atoms. The Kier molecular flexibility index (Phi) is 5.63. The highest BCUT2D eigenvalue weighted by molar-refractivity contribution is 8.00. The van der Waals surface area contributed by atoms with Gasteiger partial charge in [-0.15, -0.1) is 0 Å². The van der Waals surface area contributed by atoms with E-state index in [1.807, 2.05) is 8.37 Å². The van der Waals surface area contributed by atoms with Gasteiger partial charge in [-0.25, -0.2) is 0 Å². The summed E-state index contributed by atoms with van der Waals surface area (Å²) in [7, 11) is -13.5. The Labute approximate surface area is 119 Å². The SMILES string of the molecule is O=S(=O)(NS(=O)(=O)OC(F)(F)C(F)(F)F)OC(F)(F)C(F)(F)F. The number of hydrogen-bond donors (Lipinski definition) is 1. The molecule has 0 unspecified atom stereocenters. The second-order valence-electron chi connectivity index (χ2n) is 3.19. The molecular weight excluding hydrogens is 412 g/mol. The van der Waals surface area contributed by atoms with Crippen LogP contribution in [0.4, 0.5) is 43.9 Å². The fourth-order valence-electron chi connectivity index (χ4n) is 0.529. The lowest BCUT2D eigenvalue weighted by Crippen LogP contribution is -2.48. The molecule has 0 fully saturated rings. The molecule has 0 aliphatic carbocycles. The second kappa shape index (κ2) is 5.86. The van der Waals surface area contributed by atoms with Crippen molar-refractivity contribution < 1.29 is 69.1 Å². The van der Waals surface area contributed by atoms with Crippen molar-refractivity contribution in [3.63, 3.8) is 0 Å². The highest BCUT2D eigenvalue weighted by atomic mass is 32.3. The quantitative estimate of drug-likeness (QED) is 0.662. The second-order valence-corrected chi connectivity index (χ2v) is 6.00. The third-order valence-corrected chi connectivity index (χ3v) is 3.78. The predicted molar refractivity (Wildman–Crippen MR) is 45.1 cm³/mol. The summed E-state index contributed by atoms with van der Waals surface area (Å²) in [5.41, 5.74) is 0. The van der Waals surface area contributed by atoms with E-state index in [1.165, 1.54) is 0 Å². The van der Waals surface area contributed by atoms with Gasteiger partial charge in [-0.2, -0.15) is 69.1 Å². The summed E-state index contributed by atoms with van der Waals surface area (Å²) in [5.74, 6) is 0. The third kappa shape index (κ3) is 6.24. The number of alkyl halides is 10. The van der Waals surface area contributed by atoms with Crippen LogP contribution in [-0.2, 0) is 29.0 Å². The van der Waals surface area contributed by atoms with Gasteiger partial charge in [0.25, 0.3) is 0 Å². The van der Waals surface area contributed by atoms with Crippen LogP contribution in [0.5, 0.6) is 0 Å². The lowest BCUT2D eigenvalue weighted by Gasteiger charge is -2.20. The van der Waals surface area contributed by atoms with E-state index in [9.17, 15) is 60.7 Å². The van der Waals surface area contributed by atoms with E-state index in [-0.39, 0.29) is 0 Å². The van der Waals surface area contributed by atoms with Gasteiger partial charge in [0, 0.05) is 0 Å². The maximum absolute atomic E-state index is 12.2. The van der Waals surface area contributed by atoms with Crippen LogP contribution in [0.1, 0.15) is 0 Å². The largest absolute Gasteiger partial charge is 0.484 e. The minimum absolute atomic E-state index is 0.471. The predicted octanol–water partition coefficient (Wildman–Crippen LogP) is 1.41. The van der Waals surface area contributed by atoms with Crippen LogP contribution in [0, 0.1) is 0 Å². The summed E-state index contributed by atoms with van der Waals surface area (Å²) in [6, 6.07) is 0. The molecule has 0 heterocycles. The van der Waals surface area contributed by atoms with Gasteiger partial charge in [0.2, 0.25) is 0 Å². The first-order valence-corrected chi connectivity index (χ1v) is 7.02. The van der Waals surface area contributed by atoms with Crippen LogP contribution in [0.15, 0.2) is 0 Å². The Bertz CT molecular complexity index is 575. The monoisotopic (exact) mass is 413 g/mol. The number of hydrogen-bond acceptors (Lipinski definition) is 6. The lowest BCUT2D eigenvalue weighted by molar-refractivity contribution is -0.360. The zero-order valence-corrected chi connectivity index (χ0v) is 11.2. The smallest absolute Gasteiger partial charge is 0.180 e. The summed E-state index contributed by atoms with van der Waals surface area (Å²) < 4.78 is 164. The van der Waals surface area contributed by atoms with Gasteiger partial charge in [0.05, 0.1) is 0 Å². The Morgan fingerprint density at radius 2 is 0.783 bits per heavy atom. The summed E-state index contributed by atoms with van der Waals surface area (Å²) >= 11 is 0. The third-order valence-electron chi connectivity index (χ3n) is 1.29. The van der Waals surface area contributed by atoms with Gasteiger partial charge >= 0.3 is 45.2 Å².